The molecule has 6 heteroatoms. The monoisotopic (exact) mass is 426 g/mol. The maximum atomic E-state index is 13.5. The van der Waals surface area contributed by atoms with Gasteiger partial charge in [-0.2, -0.15) is 0 Å². The molecule has 5 nitrogen and oxygen atoms in total. The second kappa shape index (κ2) is 10.0. The van der Waals surface area contributed by atoms with Crippen LogP contribution in [0.1, 0.15) is 70.9 Å². The van der Waals surface area contributed by atoms with Crippen molar-refractivity contribution in [2.75, 3.05) is 19.6 Å². The fourth-order valence-corrected chi connectivity index (χ4v) is 6.03. The molecular formula is C24H34N4OS. The van der Waals surface area contributed by atoms with E-state index in [4.69, 9.17) is 0 Å². The highest BCUT2D eigenvalue weighted by atomic mass is 32.1. The SMILES string of the molecule is Cc1nc(C)c(C(=O)N(Cc2cccnc2)C[C@H]2CCCN(C3CCCCC3)C2)s1. The summed E-state index contributed by atoms with van der Waals surface area (Å²) in [5.41, 5.74) is 1.94. The van der Waals surface area contributed by atoms with E-state index in [2.05, 4.69) is 20.9 Å². The van der Waals surface area contributed by atoms with E-state index in [1.54, 1.807) is 6.20 Å². The van der Waals surface area contributed by atoms with E-state index in [1.807, 2.05) is 31.0 Å². The summed E-state index contributed by atoms with van der Waals surface area (Å²) >= 11 is 1.52. The number of carbonyl (C=O) groups excluding carboxylic acids is 1. The van der Waals surface area contributed by atoms with Crippen molar-refractivity contribution in [2.24, 2.45) is 5.92 Å². The van der Waals surface area contributed by atoms with E-state index in [9.17, 15) is 4.79 Å². The van der Waals surface area contributed by atoms with E-state index in [0.29, 0.717) is 12.5 Å². The van der Waals surface area contributed by atoms with Crippen molar-refractivity contribution in [1.82, 2.24) is 19.8 Å². The first-order valence-corrected chi connectivity index (χ1v) is 12.3. The summed E-state index contributed by atoms with van der Waals surface area (Å²) in [7, 11) is 0. The van der Waals surface area contributed by atoms with Gasteiger partial charge in [-0.3, -0.25) is 9.78 Å². The molecule has 0 bridgehead atoms. The van der Waals surface area contributed by atoms with Gasteiger partial charge in [0.1, 0.15) is 4.88 Å². The van der Waals surface area contributed by atoms with Gasteiger partial charge in [-0.15, -0.1) is 11.3 Å². The van der Waals surface area contributed by atoms with Crippen LogP contribution in [0.15, 0.2) is 24.5 Å². The van der Waals surface area contributed by atoms with Gasteiger partial charge < -0.3 is 9.80 Å². The molecule has 2 aliphatic rings. The summed E-state index contributed by atoms with van der Waals surface area (Å²) in [6.45, 7) is 7.71. The van der Waals surface area contributed by atoms with Crippen LogP contribution in [0.5, 0.6) is 0 Å². The minimum absolute atomic E-state index is 0.122. The van der Waals surface area contributed by atoms with Crippen molar-refractivity contribution in [3.8, 4) is 0 Å². The van der Waals surface area contributed by atoms with E-state index >= 15 is 0 Å². The number of rotatable bonds is 6. The van der Waals surface area contributed by atoms with Gasteiger partial charge in [0.25, 0.3) is 5.91 Å². The Labute approximate surface area is 184 Å². The third kappa shape index (κ3) is 5.27. The molecule has 0 N–H and O–H groups in total. The Bertz CT molecular complexity index is 831. The Balaban J connectivity index is 1.48. The Morgan fingerprint density at radius 3 is 2.73 bits per heavy atom. The number of amides is 1. The molecule has 1 saturated carbocycles. The highest BCUT2D eigenvalue weighted by molar-refractivity contribution is 7.13. The standard InChI is InChI=1S/C24H34N4OS/c1-18-23(30-19(2)26-18)24(29)28(15-20-8-6-12-25-14-20)17-21-9-7-13-27(16-21)22-10-4-3-5-11-22/h6,8,12,14,21-22H,3-5,7,9-11,13,15-17H2,1-2H3/t21-/m0/s1. The predicted molar refractivity (Wildman–Crippen MR) is 122 cm³/mol. The van der Waals surface area contributed by atoms with E-state index < -0.39 is 0 Å². The van der Waals surface area contributed by atoms with Crippen LogP contribution in [0.3, 0.4) is 0 Å². The zero-order valence-electron chi connectivity index (χ0n) is 18.3. The van der Waals surface area contributed by atoms with Crippen LogP contribution in [0.2, 0.25) is 0 Å². The third-order valence-corrected chi connectivity index (χ3v) is 7.66. The average Bonchev–Trinajstić information content (AvgIpc) is 3.12. The average molecular weight is 427 g/mol. The fourth-order valence-electron chi connectivity index (χ4n) is 5.14. The van der Waals surface area contributed by atoms with Crippen LogP contribution in [0.25, 0.3) is 0 Å². The predicted octanol–water partition coefficient (Wildman–Crippen LogP) is 4.84. The molecule has 2 aromatic heterocycles. The number of aryl methyl sites for hydroxylation is 2. The third-order valence-electron chi connectivity index (χ3n) is 6.60. The Hall–Kier alpha value is -1.79. The first-order valence-electron chi connectivity index (χ1n) is 11.5. The van der Waals surface area contributed by atoms with Gasteiger partial charge in [0.15, 0.2) is 0 Å². The lowest BCUT2D eigenvalue weighted by molar-refractivity contribution is 0.0586. The quantitative estimate of drug-likeness (QED) is 0.663. The van der Waals surface area contributed by atoms with Gasteiger partial charge in [-0.1, -0.05) is 25.3 Å². The zero-order chi connectivity index (χ0) is 20.9. The van der Waals surface area contributed by atoms with Gasteiger partial charge in [0, 0.05) is 38.1 Å². The summed E-state index contributed by atoms with van der Waals surface area (Å²) in [6, 6.07) is 4.77. The minimum Gasteiger partial charge on any atom is -0.333 e. The molecule has 1 amide bonds. The summed E-state index contributed by atoms with van der Waals surface area (Å²) in [4.78, 5) is 27.8. The van der Waals surface area contributed by atoms with Crippen molar-refractivity contribution in [1.29, 1.82) is 0 Å². The maximum absolute atomic E-state index is 13.5. The van der Waals surface area contributed by atoms with E-state index in [-0.39, 0.29) is 5.91 Å². The normalized spacial score (nSPS) is 20.9. The number of pyridine rings is 1. The molecule has 162 valence electrons. The second-order valence-corrected chi connectivity index (χ2v) is 10.2. The summed E-state index contributed by atoms with van der Waals surface area (Å²) in [5.74, 6) is 0.660. The molecule has 4 rings (SSSR count). The van der Waals surface area contributed by atoms with Crippen LogP contribution in [0, 0.1) is 19.8 Å². The molecule has 3 heterocycles. The number of piperidine rings is 1. The van der Waals surface area contributed by atoms with E-state index in [0.717, 1.165) is 40.3 Å². The van der Waals surface area contributed by atoms with Crippen LogP contribution in [-0.4, -0.2) is 51.4 Å². The van der Waals surface area contributed by atoms with Crippen molar-refractivity contribution in [3.63, 3.8) is 0 Å². The molecule has 1 atom stereocenters. The molecule has 0 spiro atoms. The lowest BCUT2D eigenvalue weighted by Crippen LogP contribution is -2.47. The molecule has 1 saturated heterocycles. The summed E-state index contributed by atoms with van der Waals surface area (Å²) in [6.07, 6.45) is 13.0. The Morgan fingerprint density at radius 1 is 1.20 bits per heavy atom. The lowest BCUT2D eigenvalue weighted by Gasteiger charge is -2.41. The zero-order valence-corrected chi connectivity index (χ0v) is 19.2. The maximum Gasteiger partial charge on any atom is 0.266 e. The second-order valence-electron chi connectivity index (χ2n) is 8.99. The van der Waals surface area contributed by atoms with Crippen LogP contribution < -0.4 is 0 Å². The number of carbonyl (C=O) groups is 1. The highest BCUT2D eigenvalue weighted by Crippen LogP contribution is 2.28. The van der Waals surface area contributed by atoms with E-state index in [1.165, 1.54) is 62.8 Å². The smallest absolute Gasteiger partial charge is 0.266 e. The van der Waals surface area contributed by atoms with Gasteiger partial charge in [-0.05, 0) is 63.6 Å². The number of thiazole rings is 1. The van der Waals surface area contributed by atoms with Gasteiger partial charge in [-0.25, -0.2) is 4.98 Å². The fraction of sp³-hybridized carbons (Fsp3) is 0.625. The molecule has 1 aliphatic heterocycles. The number of likely N-dealkylation sites (tertiary alicyclic amines) is 1. The van der Waals surface area contributed by atoms with Crippen molar-refractivity contribution >= 4 is 17.2 Å². The molecule has 30 heavy (non-hydrogen) atoms. The molecule has 0 aromatic carbocycles. The highest BCUT2D eigenvalue weighted by Gasteiger charge is 2.30. The number of hydrogen-bond acceptors (Lipinski definition) is 5. The molecule has 2 fully saturated rings. The lowest BCUT2D eigenvalue weighted by atomic mass is 9.90. The number of aromatic nitrogens is 2. The van der Waals surface area contributed by atoms with Gasteiger partial charge in [0.05, 0.1) is 10.7 Å². The van der Waals surface area contributed by atoms with Crippen molar-refractivity contribution < 1.29 is 4.79 Å². The Kier molecular flexibility index (Phi) is 7.16. The number of nitrogens with zero attached hydrogens (tertiary/aromatic N) is 4. The number of hydrogen-bond donors (Lipinski definition) is 0. The van der Waals surface area contributed by atoms with Crippen molar-refractivity contribution in [3.05, 3.63) is 45.7 Å². The summed E-state index contributed by atoms with van der Waals surface area (Å²) < 4.78 is 0. The topological polar surface area (TPSA) is 49.3 Å². The molecular weight excluding hydrogens is 392 g/mol. The van der Waals surface area contributed by atoms with Crippen molar-refractivity contribution in [2.45, 2.75) is 71.4 Å². The molecule has 2 aromatic rings. The van der Waals surface area contributed by atoms with Crippen LogP contribution >= 0.6 is 11.3 Å². The minimum atomic E-state index is 0.122. The van der Waals surface area contributed by atoms with Crippen LogP contribution in [0.4, 0.5) is 0 Å². The van der Waals surface area contributed by atoms with Gasteiger partial charge in [0.2, 0.25) is 0 Å². The van der Waals surface area contributed by atoms with Crippen LogP contribution in [-0.2, 0) is 6.54 Å². The summed E-state index contributed by atoms with van der Waals surface area (Å²) in [5, 5.41) is 0.957. The first kappa shape index (κ1) is 21.4. The molecule has 0 radical (unpaired) electrons. The Morgan fingerprint density at radius 2 is 2.03 bits per heavy atom. The molecule has 0 unspecified atom stereocenters. The first-order chi connectivity index (χ1) is 14.6. The largest absolute Gasteiger partial charge is 0.333 e. The molecule has 1 aliphatic carbocycles. The van der Waals surface area contributed by atoms with Gasteiger partial charge >= 0.3 is 0 Å².